The molecule has 0 unspecified atom stereocenters. The number of amides is 3. The maximum Gasteiger partial charge on any atom is 0.320 e. The van der Waals surface area contributed by atoms with E-state index in [0.717, 1.165) is 5.56 Å². The number of benzene rings is 1. The molecular formula is C17H16N4O4. The molecule has 1 aromatic carbocycles. The number of aryl methyl sites for hydroxylation is 1. The summed E-state index contributed by atoms with van der Waals surface area (Å²) >= 11 is 0. The molecule has 2 heterocycles. The Morgan fingerprint density at radius 3 is 2.56 bits per heavy atom. The number of nitrogens with zero attached hydrogens (tertiary/aromatic N) is 1. The quantitative estimate of drug-likeness (QED) is 0.661. The van der Waals surface area contributed by atoms with Gasteiger partial charge in [-0.3, -0.25) is 10.1 Å². The van der Waals surface area contributed by atoms with Gasteiger partial charge in [0.15, 0.2) is 11.6 Å². The Balaban J connectivity index is 1.49. The van der Waals surface area contributed by atoms with Gasteiger partial charge in [-0.25, -0.2) is 4.79 Å². The van der Waals surface area contributed by atoms with Crippen LogP contribution in [-0.4, -0.2) is 17.1 Å². The minimum absolute atomic E-state index is 0.241. The highest BCUT2D eigenvalue weighted by atomic mass is 16.5. The van der Waals surface area contributed by atoms with Crippen molar-refractivity contribution >= 4 is 23.4 Å². The molecule has 3 N–H and O–H groups in total. The third kappa shape index (κ3) is 4.47. The fraction of sp³-hybridized carbons (Fsp3) is 0.118. The topological polar surface area (TPSA) is 109 Å². The summed E-state index contributed by atoms with van der Waals surface area (Å²) in [5.74, 6) is 0.886. The lowest BCUT2D eigenvalue weighted by Crippen LogP contribution is -2.28. The summed E-state index contributed by atoms with van der Waals surface area (Å²) in [5, 5.41) is 11.7. The third-order valence-corrected chi connectivity index (χ3v) is 3.28. The zero-order valence-corrected chi connectivity index (χ0v) is 13.4. The zero-order chi connectivity index (χ0) is 17.6. The van der Waals surface area contributed by atoms with Gasteiger partial charge in [0.2, 0.25) is 0 Å². The van der Waals surface area contributed by atoms with Gasteiger partial charge in [0, 0.05) is 18.3 Å². The fourth-order valence-electron chi connectivity index (χ4n) is 2.07. The summed E-state index contributed by atoms with van der Waals surface area (Å²) in [5.41, 5.74) is 1.51. The highest BCUT2D eigenvalue weighted by molar-refractivity contribution is 6.02. The Hall–Kier alpha value is -3.55. The van der Waals surface area contributed by atoms with E-state index in [1.54, 1.807) is 49.4 Å². The lowest BCUT2D eigenvalue weighted by Gasteiger charge is -2.07. The number of hydrogen-bond donors (Lipinski definition) is 3. The van der Waals surface area contributed by atoms with Crippen LogP contribution in [0, 0.1) is 6.92 Å². The molecule has 0 bridgehead atoms. The summed E-state index contributed by atoms with van der Waals surface area (Å²) in [6, 6.07) is 11.6. The lowest BCUT2D eigenvalue weighted by atomic mass is 10.2. The van der Waals surface area contributed by atoms with Crippen LogP contribution in [-0.2, 0) is 6.54 Å². The normalized spacial score (nSPS) is 10.3. The van der Waals surface area contributed by atoms with Gasteiger partial charge in [-0.15, -0.1) is 0 Å². The minimum Gasteiger partial charge on any atom is -0.459 e. The number of carbonyl (C=O) groups is 2. The van der Waals surface area contributed by atoms with E-state index < -0.39 is 0 Å². The van der Waals surface area contributed by atoms with E-state index in [4.69, 9.17) is 8.94 Å². The number of urea groups is 1. The molecule has 2 aromatic heterocycles. The largest absolute Gasteiger partial charge is 0.459 e. The van der Waals surface area contributed by atoms with Crippen molar-refractivity contribution in [2.75, 3.05) is 10.6 Å². The second kappa shape index (κ2) is 7.35. The van der Waals surface area contributed by atoms with Gasteiger partial charge < -0.3 is 19.6 Å². The van der Waals surface area contributed by atoms with Crippen LogP contribution in [0.3, 0.4) is 0 Å². The molecule has 0 fully saturated rings. The van der Waals surface area contributed by atoms with Gasteiger partial charge in [0.25, 0.3) is 5.91 Å². The first-order valence-corrected chi connectivity index (χ1v) is 7.52. The first kappa shape index (κ1) is 16.3. The molecule has 0 saturated carbocycles. The third-order valence-electron chi connectivity index (χ3n) is 3.28. The average molecular weight is 340 g/mol. The molecule has 0 atom stereocenters. The number of carbonyl (C=O) groups excluding carboxylic acids is 2. The summed E-state index contributed by atoms with van der Waals surface area (Å²) in [4.78, 5) is 23.6. The number of furan rings is 1. The van der Waals surface area contributed by atoms with Crippen LogP contribution in [0.1, 0.15) is 21.9 Å². The molecular weight excluding hydrogens is 324 g/mol. The van der Waals surface area contributed by atoms with E-state index in [-0.39, 0.29) is 17.7 Å². The van der Waals surface area contributed by atoms with Crippen molar-refractivity contribution < 1.29 is 18.5 Å². The first-order chi connectivity index (χ1) is 12.1. The number of rotatable bonds is 5. The summed E-state index contributed by atoms with van der Waals surface area (Å²) in [6.07, 6.45) is 1.44. The van der Waals surface area contributed by atoms with Crippen molar-refractivity contribution in [3.05, 3.63) is 65.8 Å². The zero-order valence-electron chi connectivity index (χ0n) is 13.4. The number of nitrogens with one attached hydrogen (secondary N) is 3. The van der Waals surface area contributed by atoms with Gasteiger partial charge in [0.1, 0.15) is 5.76 Å². The lowest BCUT2D eigenvalue weighted by molar-refractivity contribution is 0.0996. The molecule has 3 amide bonds. The van der Waals surface area contributed by atoms with Crippen LogP contribution in [0.2, 0.25) is 0 Å². The van der Waals surface area contributed by atoms with E-state index in [2.05, 4.69) is 21.1 Å². The maximum absolute atomic E-state index is 11.9. The first-order valence-electron chi connectivity index (χ1n) is 7.52. The van der Waals surface area contributed by atoms with E-state index in [1.165, 1.54) is 6.26 Å². The Morgan fingerprint density at radius 1 is 1.12 bits per heavy atom. The molecule has 0 saturated heterocycles. The minimum atomic E-state index is -0.386. The Bertz CT molecular complexity index is 853. The number of anilines is 2. The molecule has 0 aliphatic rings. The second-order valence-electron chi connectivity index (χ2n) is 5.26. The molecule has 0 aliphatic heterocycles. The molecule has 8 nitrogen and oxygen atoms in total. The SMILES string of the molecule is Cc1cc(NC(=O)NCc2ccc(NC(=O)c3ccco3)cc2)no1. The fourth-order valence-corrected chi connectivity index (χ4v) is 2.07. The Labute approximate surface area is 143 Å². The van der Waals surface area contributed by atoms with Gasteiger partial charge >= 0.3 is 6.03 Å². The van der Waals surface area contributed by atoms with Crippen molar-refractivity contribution in [2.45, 2.75) is 13.5 Å². The summed E-state index contributed by atoms with van der Waals surface area (Å²) in [6.45, 7) is 2.07. The standard InChI is InChI=1S/C17H16N4O4/c1-11-9-15(21-25-11)20-17(23)18-10-12-4-6-13(7-5-12)19-16(22)14-3-2-8-24-14/h2-9H,10H2,1H3,(H,19,22)(H2,18,20,21,23). The average Bonchev–Trinajstić information content (AvgIpc) is 3.26. The van der Waals surface area contributed by atoms with E-state index in [1.807, 2.05) is 0 Å². The van der Waals surface area contributed by atoms with E-state index >= 15 is 0 Å². The van der Waals surface area contributed by atoms with Crippen LogP contribution < -0.4 is 16.0 Å². The number of hydrogen-bond acceptors (Lipinski definition) is 5. The predicted molar refractivity (Wildman–Crippen MR) is 90.2 cm³/mol. The van der Waals surface area contributed by atoms with Crippen molar-refractivity contribution in [3.63, 3.8) is 0 Å². The van der Waals surface area contributed by atoms with Crippen LogP contribution >= 0.6 is 0 Å². The van der Waals surface area contributed by atoms with Crippen molar-refractivity contribution in [2.24, 2.45) is 0 Å². The summed E-state index contributed by atoms with van der Waals surface area (Å²) < 4.78 is 9.89. The molecule has 3 rings (SSSR count). The summed E-state index contributed by atoms with van der Waals surface area (Å²) in [7, 11) is 0. The smallest absolute Gasteiger partial charge is 0.320 e. The van der Waals surface area contributed by atoms with Crippen molar-refractivity contribution in [3.8, 4) is 0 Å². The molecule has 8 heteroatoms. The van der Waals surface area contributed by atoms with Gasteiger partial charge in [-0.1, -0.05) is 17.3 Å². The molecule has 0 spiro atoms. The van der Waals surface area contributed by atoms with Crippen molar-refractivity contribution in [1.29, 1.82) is 0 Å². The molecule has 3 aromatic rings. The molecule has 25 heavy (non-hydrogen) atoms. The van der Waals surface area contributed by atoms with Crippen molar-refractivity contribution in [1.82, 2.24) is 10.5 Å². The van der Waals surface area contributed by atoms with Crippen LogP contribution in [0.15, 0.2) is 57.7 Å². The monoisotopic (exact) mass is 340 g/mol. The van der Waals surface area contributed by atoms with Crippen LogP contribution in [0.5, 0.6) is 0 Å². The Kier molecular flexibility index (Phi) is 4.79. The molecule has 128 valence electrons. The highest BCUT2D eigenvalue weighted by Gasteiger charge is 2.09. The van der Waals surface area contributed by atoms with Gasteiger partial charge in [0.05, 0.1) is 6.26 Å². The highest BCUT2D eigenvalue weighted by Crippen LogP contribution is 2.12. The van der Waals surface area contributed by atoms with Crippen LogP contribution in [0.4, 0.5) is 16.3 Å². The van der Waals surface area contributed by atoms with Gasteiger partial charge in [-0.05, 0) is 36.8 Å². The molecule has 0 aliphatic carbocycles. The second-order valence-corrected chi connectivity index (χ2v) is 5.26. The van der Waals surface area contributed by atoms with Crippen LogP contribution in [0.25, 0.3) is 0 Å². The maximum atomic E-state index is 11.9. The predicted octanol–water partition coefficient (Wildman–Crippen LogP) is 3.15. The van der Waals surface area contributed by atoms with E-state index in [9.17, 15) is 9.59 Å². The molecule has 0 radical (unpaired) electrons. The van der Waals surface area contributed by atoms with Gasteiger partial charge in [-0.2, -0.15) is 0 Å². The Morgan fingerprint density at radius 2 is 1.92 bits per heavy atom. The van der Waals surface area contributed by atoms with E-state index in [0.29, 0.717) is 23.8 Å². The number of aromatic nitrogens is 1.